The first-order valence-corrected chi connectivity index (χ1v) is 7.67. The second kappa shape index (κ2) is 7.05. The van der Waals surface area contributed by atoms with Crippen molar-refractivity contribution in [3.63, 3.8) is 0 Å². The molecule has 2 aromatic heterocycles. The summed E-state index contributed by atoms with van der Waals surface area (Å²) in [7, 11) is 0. The average Bonchev–Trinajstić information content (AvgIpc) is 2.99. The number of hydrogen-bond acceptors (Lipinski definition) is 4. The van der Waals surface area contributed by atoms with E-state index in [9.17, 15) is 4.79 Å². The number of rotatable bonds is 6. The van der Waals surface area contributed by atoms with E-state index >= 15 is 0 Å². The predicted octanol–water partition coefficient (Wildman–Crippen LogP) is 3.46. The number of thiophene rings is 1. The molecule has 0 radical (unpaired) electrons. The fourth-order valence-corrected chi connectivity index (χ4v) is 2.80. The minimum absolute atomic E-state index is 0.0482. The Morgan fingerprint density at radius 1 is 1.30 bits per heavy atom. The maximum absolute atomic E-state index is 12.3. The van der Waals surface area contributed by atoms with Gasteiger partial charge in [0, 0.05) is 11.4 Å². The van der Waals surface area contributed by atoms with Crippen LogP contribution in [-0.4, -0.2) is 17.4 Å². The number of anilines is 1. The van der Waals surface area contributed by atoms with Crippen LogP contribution in [0.1, 0.15) is 41.7 Å². The predicted molar refractivity (Wildman–Crippen MR) is 83.2 cm³/mol. The summed E-state index contributed by atoms with van der Waals surface area (Å²) in [5, 5.41) is 8.17. The van der Waals surface area contributed by atoms with Gasteiger partial charge in [0.15, 0.2) is 0 Å². The molecule has 0 aromatic carbocycles. The Kier molecular flexibility index (Phi) is 5.12. The molecule has 0 aliphatic rings. The highest BCUT2D eigenvalue weighted by molar-refractivity contribution is 7.10. The van der Waals surface area contributed by atoms with Gasteiger partial charge in [-0.25, -0.2) is 4.98 Å². The van der Waals surface area contributed by atoms with Gasteiger partial charge in [-0.3, -0.25) is 4.79 Å². The summed E-state index contributed by atoms with van der Waals surface area (Å²) >= 11 is 1.66. The van der Waals surface area contributed by atoms with Crippen molar-refractivity contribution in [2.45, 2.75) is 26.3 Å². The zero-order chi connectivity index (χ0) is 14.4. The van der Waals surface area contributed by atoms with Crippen molar-refractivity contribution >= 4 is 23.1 Å². The Morgan fingerprint density at radius 3 is 2.80 bits per heavy atom. The van der Waals surface area contributed by atoms with Crippen molar-refractivity contribution in [1.82, 2.24) is 10.3 Å². The first-order chi connectivity index (χ1) is 9.74. The molecule has 1 atom stereocenters. The molecule has 106 valence electrons. The van der Waals surface area contributed by atoms with Crippen molar-refractivity contribution in [3.8, 4) is 0 Å². The summed E-state index contributed by atoms with van der Waals surface area (Å²) in [6.07, 6.45) is 0.860. The van der Waals surface area contributed by atoms with E-state index in [0.29, 0.717) is 5.69 Å². The van der Waals surface area contributed by atoms with E-state index in [0.717, 1.165) is 18.8 Å². The van der Waals surface area contributed by atoms with Crippen LogP contribution < -0.4 is 10.6 Å². The topological polar surface area (TPSA) is 54.0 Å². The second-order valence-electron chi connectivity index (χ2n) is 4.39. The third-order valence-electron chi connectivity index (χ3n) is 2.94. The lowest BCUT2D eigenvalue weighted by molar-refractivity contribution is 0.0931. The van der Waals surface area contributed by atoms with Crippen LogP contribution in [0.2, 0.25) is 0 Å². The lowest BCUT2D eigenvalue weighted by atomic mass is 10.2. The highest BCUT2D eigenvalue weighted by atomic mass is 32.1. The molecule has 0 spiro atoms. The van der Waals surface area contributed by atoms with Crippen LogP contribution in [0.3, 0.4) is 0 Å². The second-order valence-corrected chi connectivity index (χ2v) is 5.37. The summed E-state index contributed by atoms with van der Waals surface area (Å²) in [4.78, 5) is 17.8. The van der Waals surface area contributed by atoms with E-state index in [4.69, 9.17) is 0 Å². The first kappa shape index (κ1) is 14.5. The number of nitrogens with zero attached hydrogens (tertiary/aromatic N) is 1. The monoisotopic (exact) mass is 289 g/mol. The highest BCUT2D eigenvalue weighted by Gasteiger charge is 2.15. The molecule has 0 saturated carbocycles. The van der Waals surface area contributed by atoms with Gasteiger partial charge >= 0.3 is 0 Å². The van der Waals surface area contributed by atoms with Crippen molar-refractivity contribution in [2.75, 3.05) is 11.9 Å². The molecule has 1 amide bonds. The number of carbonyl (C=O) groups is 1. The third kappa shape index (κ3) is 3.57. The van der Waals surface area contributed by atoms with Crippen LogP contribution in [0.5, 0.6) is 0 Å². The van der Waals surface area contributed by atoms with Crippen LogP contribution in [0.15, 0.2) is 35.7 Å². The first-order valence-electron chi connectivity index (χ1n) is 6.79. The van der Waals surface area contributed by atoms with Gasteiger partial charge in [-0.15, -0.1) is 11.3 Å². The normalized spacial score (nSPS) is 11.9. The van der Waals surface area contributed by atoms with Gasteiger partial charge in [-0.1, -0.05) is 19.1 Å². The van der Waals surface area contributed by atoms with Crippen LogP contribution in [-0.2, 0) is 0 Å². The number of hydrogen-bond donors (Lipinski definition) is 2. The maximum atomic E-state index is 12.3. The van der Waals surface area contributed by atoms with E-state index in [-0.39, 0.29) is 11.9 Å². The molecule has 0 aliphatic carbocycles. The SMILES string of the molecule is CCNc1cccc(C(=O)NC(CC)c2cccs2)n1. The molecule has 2 heterocycles. The van der Waals surface area contributed by atoms with E-state index in [2.05, 4.69) is 22.5 Å². The van der Waals surface area contributed by atoms with Gasteiger partial charge in [-0.05, 0) is 36.9 Å². The lowest BCUT2D eigenvalue weighted by Crippen LogP contribution is -2.28. The maximum Gasteiger partial charge on any atom is 0.270 e. The van der Waals surface area contributed by atoms with Crippen molar-refractivity contribution < 1.29 is 4.79 Å². The Bertz CT molecular complexity index is 554. The number of aromatic nitrogens is 1. The zero-order valence-corrected chi connectivity index (χ0v) is 12.5. The van der Waals surface area contributed by atoms with Gasteiger partial charge in [0.25, 0.3) is 5.91 Å². The van der Waals surface area contributed by atoms with Gasteiger partial charge in [0.05, 0.1) is 6.04 Å². The molecule has 5 heteroatoms. The average molecular weight is 289 g/mol. The molecule has 0 aliphatic heterocycles. The van der Waals surface area contributed by atoms with Crippen LogP contribution in [0, 0.1) is 0 Å². The van der Waals surface area contributed by atoms with Gasteiger partial charge in [-0.2, -0.15) is 0 Å². The van der Waals surface area contributed by atoms with E-state index < -0.39 is 0 Å². The zero-order valence-electron chi connectivity index (χ0n) is 11.7. The number of nitrogens with one attached hydrogen (secondary N) is 2. The molecule has 20 heavy (non-hydrogen) atoms. The summed E-state index contributed by atoms with van der Waals surface area (Å²) in [6, 6.07) is 9.52. The summed E-state index contributed by atoms with van der Waals surface area (Å²) in [5.74, 6) is 0.592. The van der Waals surface area contributed by atoms with E-state index in [1.807, 2.05) is 36.6 Å². The van der Waals surface area contributed by atoms with Gasteiger partial charge in [0.1, 0.15) is 11.5 Å². The van der Waals surface area contributed by atoms with E-state index in [1.54, 1.807) is 17.4 Å². The molecule has 2 rings (SSSR count). The Hall–Kier alpha value is -1.88. The van der Waals surface area contributed by atoms with Gasteiger partial charge in [0.2, 0.25) is 0 Å². The van der Waals surface area contributed by atoms with Crippen LogP contribution >= 0.6 is 11.3 Å². The molecular weight excluding hydrogens is 270 g/mol. The van der Waals surface area contributed by atoms with Crippen LogP contribution in [0.4, 0.5) is 5.82 Å². The standard InChI is InChI=1S/C15H19N3OS/c1-3-11(13-8-6-10-20-13)18-15(19)12-7-5-9-14(17-12)16-4-2/h5-11H,3-4H2,1-2H3,(H,16,17)(H,18,19). The van der Waals surface area contributed by atoms with Crippen LogP contribution in [0.25, 0.3) is 0 Å². The molecule has 2 aromatic rings. The Labute approximate surface area is 123 Å². The van der Waals surface area contributed by atoms with E-state index in [1.165, 1.54) is 4.88 Å². The largest absolute Gasteiger partial charge is 0.370 e. The molecule has 0 bridgehead atoms. The van der Waals surface area contributed by atoms with Gasteiger partial charge < -0.3 is 10.6 Å². The fraction of sp³-hybridized carbons (Fsp3) is 0.333. The highest BCUT2D eigenvalue weighted by Crippen LogP contribution is 2.22. The van der Waals surface area contributed by atoms with Crippen molar-refractivity contribution in [1.29, 1.82) is 0 Å². The lowest BCUT2D eigenvalue weighted by Gasteiger charge is -2.15. The summed E-state index contributed by atoms with van der Waals surface area (Å²) < 4.78 is 0. The molecule has 4 nitrogen and oxygen atoms in total. The number of amides is 1. The number of carbonyl (C=O) groups excluding carboxylic acids is 1. The summed E-state index contributed by atoms with van der Waals surface area (Å²) in [6.45, 7) is 4.84. The Morgan fingerprint density at radius 2 is 2.15 bits per heavy atom. The number of pyridine rings is 1. The molecule has 0 saturated heterocycles. The Balaban J connectivity index is 2.09. The molecule has 1 unspecified atom stereocenters. The third-order valence-corrected chi connectivity index (χ3v) is 3.93. The molecular formula is C15H19N3OS. The smallest absolute Gasteiger partial charge is 0.270 e. The van der Waals surface area contributed by atoms with Crippen molar-refractivity contribution in [2.24, 2.45) is 0 Å². The summed E-state index contributed by atoms with van der Waals surface area (Å²) in [5.41, 5.74) is 0.443. The molecule has 2 N–H and O–H groups in total. The minimum atomic E-state index is -0.134. The quantitative estimate of drug-likeness (QED) is 0.856. The fourth-order valence-electron chi connectivity index (χ4n) is 1.94. The minimum Gasteiger partial charge on any atom is -0.370 e. The van der Waals surface area contributed by atoms with Crippen molar-refractivity contribution in [3.05, 3.63) is 46.3 Å². The molecule has 0 fully saturated rings.